The fourth-order valence-corrected chi connectivity index (χ4v) is 5.22. The zero-order valence-electron chi connectivity index (χ0n) is 24.2. The van der Waals surface area contributed by atoms with E-state index < -0.39 is 0 Å². The Kier molecular flexibility index (Phi) is 9.15. The van der Waals surface area contributed by atoms with Gasteiger partial charge in [0.15, 0.2) is 11.5 Å². The molecule has 0 heterocycles. The summed E-state index contributed by atoms with van der Waals surface area (Å²) in [7, 11) is 3.13. The van der Waals surface area contributed by atoms with Gasteiger partial charge in [-0.05, 0) is 71.8 Å². The second-order valence-electron chi connectivity index (χ2n) is 11.5. The van der Waals surface area contributed by atoms with Gasteiger partial charge >= 0.3 is 0 Å². The Morgan fingerprint density at radius 2 is 1.50 bits per heavy atom. The molecule has 7 heteroatoms. The highest BCUT2D eigenvalue weighted by Crippen LogP contribution is 2.31. The molecule has 1 aliphatic rings. The lowest BCUT2D eigenvalue weighted by Gasteiger charge is -2.38. The summed E-state index contributed by atoms with van der Waals surface area (Å²) in [5.74, 6) is 0.822. The van der Waals surface area contributed by atoms with Crippen molar-refractivity contribution in [2.45, 2.75) is 70.5 Å². The van der Waals surface area contributed by atoms with Gasteiger partial charge in [0.05, 0.1) is 14.2 Å². The van der Waals surface area contributed by atoms with Gasteiger partial charge in [0.2, 0.25) is 0 Å². The molecule has 0 saturated heterocycles. The predicted molar refractivity (Wildman–Crippen MR) is 159 cm³/mol. The molecule has 1 aliphatic carbocycles. The number of methoxy groups -OCH3 is 2. The Labute approximate surface area is 237 Å². The largest absolute Gasteiger partial charge is 0.493 e. The third-order valence-electron chi connectivity index (χ3n) is 7.65. The second-order valence-corrected chi connectivity index (χ2v) is 11.5. The fraction of sp³-hybridized carbons (Fsp3) is 0.394. The molecule has 0 aromatic heterocycles. The number of nitrogens with one attached hydrogen (secondary N) is 1. The molecule has 2 atom stereocenters. The van der Waals surface area contributed by atoms with Gasteiger partial charge in [0.1, 0.15) is 0 Å². The first kappa shape index (κ1) is 29.2. The molecule has 1 saturated carbocycles. The van der Waals surface area contributed by atoms with E-state index in [1.807, 2.05) is 53.4 Å². The SMILES string of the molecule is COc1ccc(C(=O)N(Cc2ccc(NC(=O)c3ccc(C(C)(C)C)cc3)cc2)C2CCCCC2N)cc1OC. The van der Waals surface area contributed by atoms with E-state index >= 15 is 0 Å². The van der Waals surface area contributed by atoms with Crippen LogP contribution in [0.1, 0.15) is 78.3 Å². The van der Waals surface area contributed by atoms with Crippen LogP contribution in [0, 0.1) is 0 Å². The van der Waals surface area contributed by atoms with Crippen molar-refractivity contribution in [2.75, 3.05) is 19.5 Å². The zero-order valence-corrected chi connectivity index (χ0v) is 24.2. The molecule has 4 rings (SSSR count). The van der Waals surface area contributed by atoms with Crippen LogP contribution in [0.25, 0.3) is 0 Å². The number of anilines is 1. The summed E-state index contributed by atoms with van der Waals surface area (Å²) in [6, 6.07) is 20.4. The molecule has 2 amide bonds. The predicted octanol–water partition coefficient (Wildman–Crippen LogP) is 6.17. The van der Waals surface area contributed by atoms with Crippen LogP contribution in [0.3, 0.4) is 0 Å². The summed E-state index contributed by atoms with van der Waals surface area (Å²) in [4.78, 5) is 28.5. The average Bonchev–Trinajstić information content (AvgIpc) is 2.96. The number of ether oxygens (including phenoxy) is 2. The van der Waals surface area contributed by atoms with Crippen molar-refractivity contribution in [2.24, 2.45) is 5.73 Å². The molecule has 0 bridgehead atoms. The number of benzene rings is 3. The molecule has 3 aromatic carbocycles. The van der Waals surface area contributed by atoms with Gasteiger partial charge in [-0.3, -0.25) is 9.59 Å². The topological polar surface area (TPSA) is 93.9 Å². The third kappa shape index (κ3) is 6.83. The van der Waals surface area contributed by atoms with Gasteiger partial charge < -0.3 is 25.4 Å². The van der Waals surface area contributed by atoms with Crippen LogP contribution >= 0.6 is 0 Å². The van der Waals surface area contributed by atoms with E-state index in [2.05, 4.69) is 26.1 Å². The smallest absolute Gasteiger partial charge is 0.255 e. The maximum Gasteiger partial charge on any atom is 0.255 e. The molecular formula is C33H41N3O4. The quantitative estimate of drug-likeness (QED) is 0.355. The first-order chi connectivity index (χ1) is 19.1. The van der Waals surface area contributed by atoms with Crippen molar-refractivity contribution >= 4 is 17.5 Å². The minimum Gasteiger partial charge on any atom is -0.493 e. The molecule has 3 N–H and O–H groups in total. The zero-order chi connectivity index (χ0) is 28.9. The normalized spacial score (nSPS) is 17.1. The first-order valence-corrected chi connectivity index (χ1v) is 13.9. The minimum absolute atomic E-state index is 0.0289. The highest BCUT2D eigenvalue weighted by atomic mass is 16.5. The lowest BCUT2D eigenvalue weighted by atomic mass is 9.87. The fourth-order valence-electron chi connectivity index (χ4n) is 5.22. The van der Waals surface area contributed by atoms with Crippen molar-refractivity contribution < 1.29 is 19.1 Å². The van der Waals surface area contributed by atoms with Crippen LogP contribution in [-0.2, 0) is 12.0 Å². The van der Waals surface area contributed by atoms with E-state index in [1.165, 1.54) is 5.56 Å². The Balaban J connectivity index is 1.51. The van der Waals surface area contributed by atoms with E-state index in [1.54, 1.807) is 32.4 Å². The molecule has 7 nitrogen and oxygen atoms in total. The number of amides is 2. The maximum atomic E-state index is 13.8. The number of carbonyl (C=O) groups excluding carboxylic acids is 2. The molecule has 0 radical (unpaired) electrons. The van der Waals surface area contributed by atoms with Crippen molar-refractivity contribution in [3.8, 4) is 11.5 Å². The summed E-state index contributed by atoms with van der Waals surface area (Å²) in [6.45, 7) is 6.85. The van der Waals surface area contributed by atoms with Gasteiger partial charge in [0.25, 0.3) is 11.8 Å². The number of hydrogen-bond donors (Lipinski definition) is 2. The summed E-state index contributed by atoms with van der Waals surface area (Å²) < 4.78 is 10.8. The number of nitrogens with two attached hydrogens (primary N) is 1. The van der Waals surface area contributed by atoms with Crippen LogP contribution in [0.2, 0.25) is 0 Å². The van der Waals surface area contributed by atoms with E-state index in [4.69, 9.17) is 15.2 Å². The second kappa shape index (κ2) is 12.6. The van der Waals surface area contributed by atoms with Gasteiger partial charge in [0, 0.05) is 35.4 Å². The number of hydrogen-bond acceptors (Lipinski definition) is 5. The van der Waals surface area contributed by atoms with Crippen LogP contribution in [0.5, 0.6) is 11.5 Å². The molecule has 212 valence electrons. The summed E-state index contributed by atoms with van der Waals surface area (Å²) >= 11 is 0. The highest BCUT2D eigenvalue weighted by Gasteiger charge is 2.32. The van der Waals surface area contributed by atoms with Gasteiger partial charge in [-0.1, -0.05) is 57.9 Å². The monoisotopic (exact) mass is 543 g/mol. The Morgan fingerprint density at radius 3 is 2.10 bits per heavy atom. The molecule has 40 heavy (non-hydrogen) atoms. The molecule has 1 fully saturated rings. The van der Waals surface area contributed by atoms with Gasteiger partial charge in [-0.2, -0.15) is 0 Å². The van der Waals surface area contributed by atoms with E-state index in [9.17, 15) is 9.59 Å². The molecule has 0 spiro atoms. The number of rotatable bonds is 8. The number of nitrogens with zero attached hydrogens (tertiary/aromatic N) is 1. The van der Waals surface area contributed by atoms with Crippen LogP contribution in [0.4, 0.5) is 5.69 Å². The van der Waals surface area contributed by atoms with E-state index in [0.29, 0.717) is 34.9 Å². The van der Waals surface area contributed by atoms with E-state index in [0.717, 1.165) is 31.2 Å². The highest BCUT2D eigenvalue weighted by molar-refractivity contribution is 6.04. The maximum absolute atomic E-state index is 13.8. The Morgan fingerprint density at radius 1 is 0.875 bits per heavy atom. The van der Waals surface area contributed by atoms with Crippen molar-refractivity contribution in [3.63, 3.8) is 0 Å². The minimum atomic E-state index is -0.161. The lowest BCUT2D eigenvalue weighted by Crippen LogP contribution is -2.51. The van der Waals surface area contributed by atoms with Crippen molar-refractivity contribution in [3.05, 3.63) is 89.0 Å². The Bertz CT molecular complexity index is 1310. The van der Waals surface area contributed by atoms with Gasteiger partial charge in [-0.25, -0.2) is 0 Å². The summed E-state index contributed by atoms with van der Waals surface area (Å²) in [5, 5.41) is 2.97. The van der Waals surface area contributed by atoms with Crippen LogP contribution < -0.4 is 20.5 Å². The standard InChI is InChI=1S/C33H41N3O4/c1-33(2,3)25-15-12-23(13-16-25)31(37)35-26-17-10-22(11-18-26)21-36(28-9-7-6-8-27(28)34)32(38)24-14-19-29(39-4)30(20-24)40-5/h10-20,27-28H,6-9,21,34H2,1-5H3,(H,35,37). The third-order valence-corrected chi connectivity index (χ3v) is 7.65. The van der Waals surface area contributed by atoms with Crippen LogP contribution in [0.15, 0.2) is 66.7 Å². The molecular weight excluding hydrogens is 502 g/mol. The molecule has 2 unspecified atom stereocenters. The summed E-state index contributed by atoms with van der Waals surface area (Å²) in [6.07, 6.45) is 3.86. The van der Waals surface area contributed by atoms with Gasteiger partial charge in [-0.15, -0.1) is 0 Å². The van der Waals surface area contributed by atoms with E-state index in [-0.39, 0.29) is 29.3 Å². The Hall–Kier alpha value is -3.84. The van der Waals surface area contributed by atoms with Crippen molar-refractivity contribution in [1.82, 2.24) is 4.90 Å². The number of carbonyl (C=O) groups is 2. The first-order valence-electron chi connectivity index (χ1n) is 13.9. The van der Waals surface area contributed by atoms with Crippen molar-refractivity contribution in [1.29, 1.82) is 0 Å². The molecule has 0 aliphatic heterocycles. The average molecular weight is 544 g/mol. The lowest BCUT2D eigenvalue weighted by molar-refractivity contribution is 0.0583. The van der Waals surface area contributed by atoms with Crippen LogP contribution in [-0.4, -0.2) is 43.0 Å². The molecule has 3 aromatic rings. The summed E-state index contributed by atoms with van der Waals surface area (Å²) in [5.41, 5.74) is 10.5.